The molecular formula is C18H22F2N2O2S. The van der Waals surface area contributed by atoms with Crippen LogP contribution in [0.15, 0.2) is 47.4 Å². The molecule has 4 nitrogen and oxygen atoms in total. The standard InChI is InChI=1S/C18H22F2N2O2S/c1-18(2,3)22-25(23,24)17-7-5-4-6-13(17)11-21-12-14-10-15(19)8-9-16(14)20/h4-10,21-22H,11-12H2,1-3H3. The van der Waals surface area contributed by atoms with Gasteiger partial charge in [0, 0.05) is 24.2 Å². The minimum Gasteiger partial charge on any atom is -0.308 e. The van der Waals surface area contributed by atoms with Crippen molar-refractivity contribution in [3.05, 3.63) is 65.2 Å². The molecule has 7 heteroatoms. The first-order valence-corrected chi connectivity index (χ1v) is 9.33. The third-order valence-corrected chi connectivity index (χ3v) is 5.20. The van der Waals surface area contributed by atoms with Crippen molar-refractivity contribution >= 4 is 10.0 Å². The van der Waals surface area contributed by atoms with E-state index >= 15 is 0 Å². The molecule has 0 heterocycles. The molecule has 0 saturated carbocycles. The van der Waals surface area contributed by atoms with Crippen LogP contribution < -0.4 is 10.0 Å². The number of nitrogens with one attached hydrogen (secondary N) is 2. The minimum atomic E-state index is -3.68. The van der Waals surface area contributed by atoms with Crippen molar-refractivity contribution in [2.24, 2.45) is 0 Å². The van der Waals surface area contributed by atoms with E-state index in [1.807, 2.05) is 0 Å². The third-order valence-electron chi connectivity index (χ3n) is 3.34. The predicted octanol–water partition coefficient (Wildman–Crippen LogP) is 3.33. The van der Waals surface area contributed by atoms with Crippen molar-refractivity contribution in [3.63, 3.8) is 0 Å². The molecule has 0 aliphatic carbocycles. The Morgan fingerprint density at radius 2 is 1.60 bits per heavy atom. The fourth-order valence-corrected chi connectivity index (χ4v) is 4.04. The summed E-state index contributed by atoms with van der Waals surface area (Å²) in [4.78, 5) is 0.164. The maximum absolute atomic E-state index is 13.6. The summed E-state index contributed by atoms with van der Waals surface area (Å²) in [6.07, 6.45) is 0. The van der Waals surface area contributed by atoms with E-state index < -0.39 is 27.2 Å². The molecule has 0 unspecified atom stereocenters. The Balaban J connectivity index is 2.15. The van der Waals surface area contributed by atoms with E-state index in [-0.39, 0.29) is 23.5 Å². The van der Waals surface area contributed by atoms with Gasteiger partial charge < -0.3 is 5.32 Å². The molecule has 2 N–H and O–H groups in total. The van der Waals surface area contributed by atoms with Crippen LogP contribution in [0.3, 0.4) is 0 Å². The van der Waals surface area contributed by atoms with Gasteiger partial charge in [0.15, 0.2) is 0 Å². The van der Waals surface area contributed by atoms with E-state index in [0.717, 1.165) is 18.2 Å². The number of hydrogen-bond acceptors (Lipinski definition) is 3. The lowest BCUT2D eigenvalue weighted by molar-refractivity contribution is 0.490. The van der Waals surface area contributed by atoms with Crippen molar-refractivity contribution in [2.45, 2.75) is 44.3 Å². The lowest BCUT2D eigenvalue weighted by Gasteiger charge is -2.21. The van der Waals surface area contributed by atoms with Gasteiger partial charge in [-0.3, -0.25) is 0 Å². The number of rotatable bonds is 6. The van der Waals surface area contributed by atoms with Crippen molar-refractivity contribution < 1.29 is 17.2 Å². The van der Waals surface area contributed by atoms with E-state index in [2.05, 4.69) is 10.0 Å². The van der Waals surface area contributed by atoms with Crippen LogP contribution in [0.25, 0.3) is 0 Å². The van der Waals surface area contributed by atoms with Crippen LogP contribution in [0.1, 0.15) is 31.9 Å². The van der Waals surface area contributed by atoms with Crippen molar-refractivity contribution in [1.82, 2.24) is 10.0 Å². The van der Waals surface area contributed by atoms with Gasteiger partial charge in [0.1, 0.15) is 11.6 Å². The Bertz CT molecular complexity index is 846. The molecule has 0 aromatic heterocycles. The zero-order chi connectivity index (χ0) is 18.7. The molecule has 25 heavy (non-hydrogen) atoms. The molecular weight excluding hydrogens is 346 g/mol. The van der Waals surface area contributed by atoms with Gasteiger partial charge in [-0.15, -0.1) is 0 Å². The van der Waals surface area contributed by atoms with Gasteiger partial charge >= 0.3 is 0 Å². The van der Waals surface area contributed by atoms with Gasteiger partial charge in [-0.1, -0.05) is 18.2 Å². The van der Waals surface area contributed by atoms with Crippen LogP contribution >= 0.6 is 0 Å². The first-order chi connectivity index (χ1) is 11.6. The van der Waals surface area contributed by atoms with Gasteiger partial charge in [-0.25, -0.2) is 21.9 Å². The fraction of sp³-hybridized carbons (Fsp3) is 0.333. The Labute approximate surface area is 147 Å². The molecule has 2 rings (SSSR count). The molecule has 0 amide bonds. The summed E-state index contributed by atoms with van der Waals surface area (Å²) in [5.74, 6) is -1.03. The highest BCUT2D eigenvalue weighted by molar-refractivity contribution is 7.89. The first kappa shape index (κ1) is 19.5. The van der Waals surface area contributed by atoms with E-state index in [1.54, 1.807) is 39.0 Å². The van der Waals surface area contributed by atoms with Gasteiger partial charge in [0.2, 0.25) is 10.0 Å². The van der Waals surface area contributed by atoms with Gasteiger partial charge in [0.05, 0.1) is 4.90 Å². The zero-order valence-corrected chi connectivity index (χ0v) is 15.3. The van der Waals surface area contributed by atoms with E-state index in [1.165, 1.54) is 6.07 Å². The van der Waals surface area contributed by atoms with Crippen molar-refractivity contribution in [2.75, 3.05) is 0 Å². The topological polar surface area (TPSA) is 58.2 Å². The second kappa shape index (κ2) is 7.59. The molecule has 0 spiro atoms. The third kappa shape index (κ3) is 5.59. The number of sulfonamides is 1. The van der Waals surface area contributed by atoms with E-state index in [9.17, 15) is 17.2 Å². The largest absolute Gasteiger partial charge is 0.308 e. The molecule has 0 aliphatic rings. The van der Waals surface area contributed by atoms with Crippen molar-refractivity contribution in [1.29, 1.82) is 0 Å². The van der Waals surface area contributed by atoms with Crippen LogP contribution in [-0.4, -0.2) is 14.0 Å². The highest BCUT2D eigenvalue weighted by Gasteiger charge is 2.24. The lowest BCUT2D eigenvalue weighted by Crippen LogP contribution is -2.40. The van der Waals surface area contributed by atoms with Crippen LogP contribution in [0.2, 0.25) is 0 Å². The van der Waals surface area contributed by atoms with E-state index in [0.29, 0.717) is 5.56 Å². The maximum Gasteiger partial charge on any atom is 0.241 e. The Kier molecular flexibility index (Phi) is 5.92. The predicted molar refractivity (Wildman–Crippen MR) is 93.4 cm³/mol. The molecule has 136 valence electrons. The smallest absolute Gasteiger partial charge is 0.241 e. The molecule has 0 bridgehead atoms. The van der Waals surface area contributed by atoms with Crippen LogP contribution in [-0.2, 0) is 23.1 Å². The van der Waals surface area contributed by atoms with Gasteiger partial charge in [-0.2, -0.15) is 0 Å². The summed E-state index contributed by atoms with van der Waals surface area (Å²) in [5, 5.41) is 2.96. The summed E-state index contributed by atoms with van der Waals surface area (Å²) in [5.41, 5.74) is 0.133. The SMILES string of the molecule is CC(C)(C)NS(=O)(=O)c1ccccc1CNCc1cc(F)ccc1F. The molecule has 0 atom stereocenters. The second-order valence-electron chi connectivity index (χ2n) is 6.80. The quantitative estimate of drug-likeness (QED) is 0.822. The highest BCUT2D eigenvalue weighted by Crippen LogP contribution is 2.18. The summed E-state index contributed by atoms with van der Waals surface area (Å²) in [6.45, 7) is 5.58. The molecule has 0 radical (unpaired) electrons. The number of halogens is 2. The van der Waals surface area contributed by atoms with Gasteiger partial charge in [0.25, 0.3) is 0 Å². The van der Waals surface area contributed by atoms with Crippen LogP contribution in [0.4, 0.5) is 8.78 Å². The van der Waals surface area contributed by atoms with Crippen LogP contribution in [0.5, 0.6) is 0 Å². The average Bonchev–Trinajstić information content (AvgIpc) is 2.49. The fourth-order valence-electron chi connectivity index (χ4n) is 2.38. The summed E-state index contributed by atoms with van der Waals surface area (Å²) in [7, 11) is -3.68. The summed E-state index contributed by atoms with van der Waals surface area (Å²) in [6, 6.07) is 9.83. The normalized spacial score (nSPS) is 12.4. The molecule has 0 saturated heterocycles. The number of benzene rings is 2. The zero-order valence-electron chi connectivity index (χ0n) is 14.4. The lowest BCUT2D eigenvalue weighted by atomic mass is 10.1. The molecule has 0 fully saturated rings. The van der Waals surface area contributed by atoms with Crippen molar-refractivity contribution in [3.8, 4) is 0 Å². The first-order valence-electron chi connectivity index (χ1n) is 7.85. The molecule has 2 aromatic carbocycles. The molecule has 2 aromatic rings. The Hall–Kier alpha value is -1.83. The second-order valence-corrected chi connectivity index (χ2v) is 8.45. The Morgan fingerprint density at radius 3 is 2.28 bits per heavy atom. The maximum atomic E-state index is 13.6. The average molecular weight is 368 g/mol. The number of hydrogen-bond donors (Lipinski definition) is 2. The molecule has 0 aliphatic heterocycles. The monoisotopic (exact) mass is 368 g/mol. The summed E-state index contributed by atoms with van der Waals surface area (Å²) >= 11 is 0. The van der Waals surface area contributed by atoms with E-state index in [4.69, 9.17) is 0 Å². The minimum absolute atomic E-state index is 0.0880. The highest BCUT2D eigenvalue weighted by atomic mass is 32.2. The van der Waals surface area contributed by atoms with Gasteiger partial charge in [-0.05, 0) is 50.6 Å². The Morgan fingerprint density at radius 1 is 0.960 bits per heavy atom. The van der Waals surface area contributed by atoms with Crippen LogP contribution in [0, 0.1) is 11.6 Å². The summed E-state index contributed by atoms with van der Waals surface area (Å²) < 4.78 is 54.5.